The summed E-state index contributed by atoms with van der Waals surface area (Å²) in [5.74, 6) is 0.454. The zero-order valence-electron chi connectivity index (χ0n) is 10.4. The predicted octanol–water partition coefficient (Wildman–Crippen LogP) is 4.33. The van der Waals surface area contributed by atoms with Crippen LogP contribution in [-0.4, -0.2) is 6.54 Å². The van der Waals surface area contributed by atoms with Crippen molar-refractivity contribution in [2.24, 2.45) is 0 Å². The maximum Gasteiger partial charge on any atom is 0.143 e. The van der Waals surface area contributed by atoms with Crippen LogP contribution in [0.4, 0.5) is 10.1 Å². The van der Waals surface area contributed by atoms with Gasteiger partial charge in [-0.1, -0.05) is 23.7 Å². The Hall–Kier alpha value is -1.74. The van der Waals surface area contributed by atoms with Gasteiger partial charge in [0.2, 0.25) is 0 Å². The zero-order valence-corrected chi connectivity index (χ0v) is 11.2. The van der Waals surface area contributed by atoms with Crippen LogP contribution in [0.15, 0.2) is 36.4 Å². The fraction of sp³-hybridized carbons (Fsp3) is 0.200. The van der Waals surface area contributed by atoms with Crippen LogP contribution in [0.3, 0.4) is 0 Å². The Morgan fingerprint density at radius 3 is 2.89 bits per heavy atom. The molecule has 2 aromatic rings. The van der Waals surface area contributed by atoms with Crippen molar-refractivity contribution >= 4 is 17.3 Å². The van der Waals surface area contributed by atoms with Crippen molar-refractivity contribution in [2.45, 2.75) is 13.0 Å². The number of ether oxygens (including phenoxy) is 1. The smallest absolute Gasteiger partial charge is 0.143 e. The van der Waals surface area contributed by atoms with Crippen molar-refractivity contribution in [2.75, 3.05) is 11.9 Å². The minimum Gasteiger partial charge on any atom is -0.482 e. The standard InChI is InChI=1S/C15H13ClFNO/c1-9-2-5-14-13(6-9)18-8-15(19-14)11-4-3-10(17)7-12(11)16/h2-7,15,18H,8H2,1H3. The lowest BCUT2D eigenvalue weighted by Gasteiger charge is -2.28. The number of rotatable bonds is 1. The molecule has 19 heavy (non-hydrogen) atoms. The Labute approximate surface area is 116 Å². The second-order valence-electron chi connectivity index (χ2n) is 4.65. The van der Waals surface area contributed by atoms with Crippen LogP contribution >= 0.6 is 11.6 Å². The Morgan fingerprint density at radius 1 is 1.26 bits per heavy atom. The highest BCUT2D eigenvalue weighted by molar-refractivity contribution is 6.31. The van der Waals surface area contributed by atoms with Gasteiger partial charge in [0, 0.05) is 5.56 Å². The summed E-state index contributed by atoms with van der Waals surface area (Å²) >= 11 is 6.07. The molecule has 0 bridgehead atoms. The van der Waals surface area contributed by atoms with Crippen molar-refractivity contribution in [3.63, 3.8) is 0 Å². The van der Waals surface area contributed by atoms with E-state index in [-0.39, 0.29) is 11.9 Å². The lowest BCUT2D eigenvalue weighted by molar-refractivity contribution is 0.210. The molecule has 0 spiro atoms. The third kappa shape index (κ3) is 2.38. The monoisotopic (exact) mass is 277 g/mol. The van der Waals surface area contributed by atoms with Gasteiger partial charge >= 0.3 is 0 Å². The molecule has 0 saturated heterocycles. The third-order valence-electron chi connectivity index (χ3n) is 3.19. The molecule has 0 fully saturated rings. The van der Waals surface area contributed by atoms with Crippen LogP contribution < -0.4 is 10.1 Å². The van der Waals surface area contributed by atoms with Crippen molar-refractivity contribution in [3.8, 4) is 5.75 Å². The summed E-state index contributed by atoms with van der Waals surface area (Å²) in [6.45, 7) is 2.65. The van der Waals surface area contributed by atoms with E-state index in [4.69, 9.17) is 16.3 Å². The highest BCUT2D eigenvalue weighted by Crippen LogP contribution is 2.36. The Kier molecular flexibility index (Phi) is 3.07. The molecule has 98 valence electrons. The van der Waals surface area contributed by atoms with E-state index in [1.165, 1.54) is 17.7 Å². The summed E-state index contributed by atoms with van der Waals surface area (Å²) in [7, 11) is 0. The number of hydrogen-bond acceptors (Lipinski definition) is 2. The topological polar surface area (TPSA) is 21.3 Å². The van der Waals surface area contributed by atoms with Gasteiger partial charge in [-0.25, -0.2) is 4.39 Å². The van der Waals surface area contributed by atoms with Crippen LogP contribution in [0, 0.1) is 12.7 Å². The van der Waals surface area contributed by atoms with Gasteiger partial charge in [-0.2, -0.15) is 0 Å². The summed E-state index contributed by atoms with van der Waals surface area (Å²) < 4.78 is 19.0. The van der Waals surface area contributed by atoms with Gasteiger partial charge in [-0.3, -0.25) is 0 Å². The summed E-state index contributed by atoms with van der Waals surface area (Å²) in [5, 5.41) is 3.71. The number of anilines is 1. The summed E-state index contributed by atoms with van der Waals surface area (Å²) in [5.41, 5.74) is 2.95. The molecule has 0 aliphatic carbocycles. The van der Waals surface area contributed by atoms with E-state index >= 15 is 0 Å². The average molecular weight is 278 g/mol. The number of aryl methyl sites for hydroxylation is 1. The number of benzene rings is 2. The van der Waals surface area contributed by atoms with Crippen LogP contribution in [0.25, 0.3) is 0 Å². The van der Waals surface area contributed by atoms with Crippen molar-refractivity contribution in [1.82, 2.24) is 0 Å². The van der Waals surface area contributed by atoms with Gasteiger partial charge in [-0.05, 0) is 36.8 Å². The fourth-order valence-electron chi connectivity index (χ4n) is 2.22. The molecule has 3 rings (SSSR count). The molecular weight excluding hydrogens is 265 g/mol. The molecule has 1 aliphatic heterocycles. The molecule has 1 aliphatic rings. The summed E-state index contributed by atoms with van der Waals surface area (Å²) in [4.78, 5) is 0. The maximum atomic E-state index is 13.1. The molecule has 0 saturated carbocycles. The zero-order chi connectivity index (χ0) is 13.4. The van der Waals surface area contributed by atoms with Crippen LogP contribution in [0.1, 0.15) is 17.2 Å². The number of nitrogens with one attached hydrogen (secondary N) is 1. The van der Waals surface area contributed by atoms with E-state index in [0.29, 0.717) is 11.6 Å². The Bertz CT molecular complexity index is 630. The minimum absolute atomic E-state index is 0.205. The minimum atomic E-state index is -0.339. The molecule has 1 heterocycles. The first-order valence-corrected chi connectivity index (χ1v) is 6.47. The number of hydrogen-bond donors (Lipinski definition) is 1. The first-order valence-electron chi connectivity index (χ1n) is 6.09. The lowest BCUT2D eigenvalue weighted by Crippen LogP contribution is -2.23. The summed E-state index contributed by atoms with van der Waals surface area (Å²) in [6, 6.07) is 10.3. The lowest BCUT2D eigenvalue weighted by atomic mass is 10.1. The van der Waals surface area contributed by atoms with E-state index in [2.05, 4.69) is 5.32 Å². The van der Waals surface area contributed by atoms with Crippen LogP contribution in [0.2, 0.25) is 5.02 Å². The van der Waals surface area contributed by atoms with E-state index < -0.39 is 0 Å². The average Bonchev–Trinajstić information content (AvgIpc) is 2.38. The van der Waals surface area contributed by atoms with Gasteiger partial charge in [0.15, 0.2) is 0 Å². The number of halogens is 2. The fourth-order valence-corrected chi connectivity index (χ4v) is 2.51. The molecule has 0 aromatic heterocycles. The van der Waals surface area contributed by atoms with Crippen LogP contribution in [0.5, 0.6) is 5.75 Å². The van der Waals surface area contributed by atoms with Crippen molar-refractivity contribution in [3.05, 3.63) is 58.4 Å². The molecule has 2 aromatic carbocycles. The quantitative estimate of drug-likeness (QED) is 0.837. The van der Waals surface area contributed by atoms with Gasteiger partial charge in [0.25, 0.3) is 0 Å². The Morgan fingerprint density at radius 2 is 2.11 bits per heavy atom. The van der Waals surface area contributed by atoms with Gasteiger partial charge in [0.05, 0.1) is 17.3 Å². The molecule has 2 nitrogen and oxygen atoms in total. The highest BCUT2D eigenvalue weighted by atomic mass is 35.5. The first kappa shape index (κ1) is 12.3. The second-order valence-corrected chi connectivity index (χ2v) is 5.06. The normalized spacial score (nSPS) is 17.3. The molecule has 1 atom stereocenters. The van der Waals surface area contributed by atoms with Crippen LogP contribution in [-0.2, 0) is 0 Å². The van der Waals surface area contributed by atoms with E-state index in [0.717, 1.165) is 17.0 Å². The van der Waals surface area contributed by atoms with Crippen molar-refractivity contribution < 1.29 is 9.13 Å². The van der Waals surface area contributed by atoms with Gasteiger partial charge in [0.1, 0.15) is 17.7 Å². The van der Waals surface area contributed by atoms with E-state index in [9.17, 15) is 4.39 Å². The molecule has 0 radical (unpaired) electrons. The SMILES string of the molecule is Cc1ccc2c(c1)NCC(c1ccc(F)cc1Cl)O2. The molecule has 4 heteroatoms. The van der Waals surface area contributed by atoms with Crippen molar-refractivity contribution in [1.29, 1.82) is 0 Å². The predicted molar refractivity (Wildman–Crippen MR) is 74.4 cm³/mol. The summed E-state index contributed by atoms with van der Waals surface area (Å²) in [6.07, 6.45) is -0.205. The Balaban J connectivity index is 1.91. The van der Waals surface area contributed by atoms with Gasteiger partial charge in [-0.15, -0.1) is 0 Å². The van der Waals surface area contributed by atoms with E-state index in [1.807, 2.05) is 25.1 Å². The highest BCUT2D eigenvalue weighted by Gasteiger charge is 2.22. The number of fused-ring (bicyclic) bond motifs is 1. The first-order chi connectivity index (χ1) is 9.13. The largest absolute Gasteiger partial charge is 0.482 e. The maximum absolute atomic E-state index is 13.1. The molecule has 0 amide bonds. The van der Waals surface area contributed by atoms with Gasteiger partial charge < -0.3 is 10.1 Å². The molecule has 1 unspecified atom stereocenters. The van der Waals surface area contributed by atoms with E-state index in [1.54, 1.807) is 6.07 Å². The second kappa shape index (κ2) is 4.74. The molecular formula is C15H13ClFNO. The molecule has 1 N–H and O–H groups in total. The third-order valence-corrected chi connectivity index (χ3v) is 3.52.